The van der Waals surface area contributed by atoms with E-state index in [0.717, 1.165) is 47.8 Å². The summed E-state index contributed by atoms with van der Waals surface area (Å²) < 4.78 is 0. The number of piperazine rings is 1. The van der Waals surface area contributed by atoms with Gasteiger partial charge in [0.2, 0.25) is 0 Å². The first-order chi connectivity index (χ1) is 13.7. The monoisotopic (exact) mass is 397 g/mol. The van der Waals surface area contributed by atoms with Gasteiger partial charge in [0.15, 0.2) is 0 Å². The molecule has 1 fully saturated rings. The molecule has 2 aromatic carbocycles. The number of rotatable bonds is 5. The number of carbonyl (C=O) groups excluding carboxylic acids is 1. The summed E-state index contributed by atoms with van der Waals surface area (Å²) in [4.78, 5) is 22.8. The van der Waals surface area contributed by atoms with Gasteiger partial charge in [-0.05, 0) is 43.2 Å². The summed E-state index contributed by atoms with van der Waals surface area (Å²) in [6, 6.07) is 12.0. The SMILES string of the molecule is CCNC(=O)c1ccc2[nH]cnc2c1N1CCNCC1Cc1cccc(Cl)c1. The van der Waals surface area contributed by atoms with Crippen LogP contribution in [0, 0.1) is 0 Å². The Morgan fingerprint density at radius 2 is 2.25 bits per heavy atom. The smallest absolute Gasteiger partial charge is 0.253 e. The van der Waals surface area contributed by atoms with Gasteiger partial charge in [0.05, 0.1) is 23.1 Å². The van der Waals surface area contributed by atoms with Crippen LogP contribution in [0.5, 0.6) is 0 Å². The van der Waals surface area contributed by atoms with Crippen molar-refractivity contribution in [3.8, 4) is 0 Å². The first-order valence-corrected chi connectivity index (χ1v) is 10.0. The molecule has 28 heavy (non-hydrogen) atoms. The molecule has 0 aliphatic carbocycles. The van der Waals surface area contributed by atoms with Crippen molar-refractivity contribution >= 4 is 34.2 Å². The molecule has 1 amide bonds. The first kappa shape index (κ1) is 18.8. The summed E-state index contributed by atoms with van der Waals surface area (Å²) in [5, 5.41) is 7.16. The van der Waals surface area contributed by atoms with Crippen LogP contribution in [0.1, 0.15) is 22.8 Å². The quantitative estimate of drug-likeness (QED) is 0.618. The van der Waals surface area contributed by atoms with Crippen molar-refractivity contribution in [2.24, 2.45) is 0 Å². The van der Waals surface area contributed by atoms with E-state index in [-0.39, 0.29) is 11.9 Å². The van der Waals surface area contributed by atoms with Gasteiger partial charge in [0.1, 0.15) is 5.52 Å². The second kappa shape index (κ2) is 8.20. The van der Waals surface area contributed by atoms with E-state index in [0.29, 0.717) is 12.1 Å². The molecule has 1 aromatic heterocycles. The summed E-state index contributed by atoms with van der Waals surface area (Å²) in [5.41, 5.74) is 4.52. The average molecular weight is 398 g/mol. The molecule has 1 unspecified atom stereocenters. The molecular formula is C21H24ClN5O. The Kier molecular flexibility index (Phi) is 5.50. The Hall–Kier alpha value is -2.57. The number of halogens is 1. The van der Waals surface area contributed by atoms with E-state index in [4.69, 9.17) is 11.6 Å². The van der Waals surface area contributed by atoms with Crippen molar-refractivity contribution < 1.29 is 4.79 Å². The standard InChI is InChI=1S/C21H24ClN5O/c1-2-24-21(28)17-6-7-18-19(26-13-25-18)20(17)27-9-8-23-12-16(27)11-14-4-3-5-15(22)10-14/h3-7,10,13,16,23H,2,8-9,11-12H2,1H3,(H,24,28)(H,25,26). The Labute approximate surface area is 169 Å². The van der Waals surface area contributed by atoms with E-state index in [1.165, 1.54) is 5.56 Å². The largest absolute Gasteiger partial charge is 0.363 e. The Bertz CT molecular complexity index is 986. The first-order valence-electron chi connectivity index (χ1n) is 9.63. The summed E-state index contributed by atoms with van der Waals surface area (Å²) >= 11 is 6.18. The molecule has 2 heterocycles. The Morgan fingerprint density at radius 1 is 1.36 bits per heavy atom. The number of hydrogen-bond acceptors (Lipinski definition) is 4. The molecule has 146 valence electrons. The third-order valence-corrected chi connectivity index (χ3v) is 5.38. The van der Waals surface area contributed by atoms with Crippen molar-refractivity contribution in [2.75, 3.05) is 31.1 Å². The maximum Gasteiger partial charge on any atom is 0.253 e. The van der Waals surface area contributed by atoms with Crippen LogP contribution < -0.4 is 15.5 Å². The van der Waals surface area contributed by atoms with Crippen LogP contribution in [0.15, 0.2) is 42.7 Å². The maximum atomic E-state index is 12.8. The van der Waals surface area contributed by atoms with Crippen LogP contribution in [0.2, 0.25) is 5.02 Å². The number of hydrogen-bond donors (Lipinski definition) is 3. The van der Waals surface area contributed by atoms with Crippen LogP contribution in [-0.4, -0.2) is 48.1 Å². The predicted octanol–water partition coefficient (Wildman–Crippen LogP) is 2.99. The van der Waals surface area contributed by atoms with Crippen molar-refractivity contribution in [3.05, 3.63) is 58.9 Å². The lowest BCUT2D eigenvalue weighted by atomic mass is 10.00. The zero-order valence-electron chi connectivity index (χ0n) is 15.8. The van der Waals surface area contributed by atoms with Crippen molar-refractivity contribution in [2.45, 2.75) is 19.4 Å². The number of anilines is 1. The Morgan fingerprint density at radius 3 is 3.07 bits per heavy atom. The molecule has 0 bridgehead atoms. The number of fused-ring (bicyclic) bond motifs is 1. The van der Waals surface area contributed by atoms with E-state index in [1.54, 1.807) is 6.33 Å². The van der Waals surface area contributed by atoms with Crippen molar-refractivity contribution in [1.82, 2.24) is 20.6 Å². The number of aromatic nitrogens is 2. The Balaban J connectivity index is 1.76. The minimum Gasteiger partial charge on any atom is -0.363 e. The molecule has 0 spiro atoms. The van der Waals surface area contributed by atoms with Gasteiger partial charge in [-0.3, -0.25) is 4.79 Å². The van der Waals surface area contributed by atoms with Gasteiger partial charge in [-0.25, -0.2) is 4.98 Å². The molecule has 4 rings (SSSR count). The van der Waals surface area contributed by atoms with Gasteiger partial charge in [0, 0.05) is 37.2 Å². The summed E-state index contributed by atoms with van der Waals surface area (Å²) in [6.45, 7) is 5.02. The lowest BCUT2D eigenvalue weighted by Crippen LogP contribution is -2.53. The van der Waals surface area contributed by atoms with E-state index < -0.39 is 0 Å². The van der Waals surface area contributed by atoms with Crippen LogP contribution in [0.3, 0.4) is 0 Å². The van der Waals surface area contributed by atoms with Crippen LogP contribution >= 0.6 is 11.6 Å². The van der Waals surface area contributed by atoms with Crippen molar-refractivity contribution in [3.63, 3.8) is 0 Å². The van der Waals surface area contributed by atoms with Gasteiger partial charge in [-0.1, -0.05) is 23.7 Å². The van der Waals surface area contributed by atoms with Gasteiger partial charge < -0.3 is 20.5 Å². The second-order valence-electron chi connectivity index (χ2n) is 7.01. The number of nitrogens with zero attached hydrogens (tertiary/aromatic N) is 2. The molecule has 3 N–H and O–H groups in total. The zero-order chi connectivity index (χ0) is 19.5. The lowest BCUT2D eigenvalue weighted by molar-refractivity contribution is 0.0956. The molecule has 0 saturated carbocycles. The minimum atomic E-state index is -0.0672. The molecular weight excluding hydrogens is 374 g/mol. The van der Waals surface area contributed by atoms with E-state index >= 15 is 0 Å². The molecule has 1 aliphatic rings. The number of aromatic amines is 1. The van der Waals surface area contributed by atoms with Gasteiger partial charge in [0.25, 0.3) is 5.91 Å². The second-order valence-corrected chi connectivity index (χ2v) is 7.44. The van der Waals surface area contributed by atoms with Crippen LogP contribution in [-0.2, 0) is 6.42 Å². The third-order valence-electron chi connectivity index (χ3n) is 5.14. The molecule has 1 atom stereocenters. The van der Waals surface area contributed by atoms with E-state index in [9.17, 15) is 4.79 Å². The summed E-state index contributed by atoms with van der Waals surface area (Å²) in [6.07, 6.45) is 2.52. The van der Waals surface area contributed by atoms with Gasteiger partial charge in [-0.15, -0.1) is 0 Å². The minimum absolute atomic E-state index is 0.0672. The number of benzene rings is 2. The number of H-pyrrole nitrogens is 1. The summed E-state index contributed by atoms with van der Waals surface area (Å²) in [7, 11) is 0. The normalized spacial score (nSPS) is 17.1. The fourth-order valence-electron chi connectivity index (χ4n) is 3.90. The highest BCUT2D eigenvalue weighted by atomic mass is 35.5. The summed E-state index contributed by atoms with van der Waals surface area (Å²) in [5.74, 6) is -0.0672. The molecule has 0 radical (unpaired) electrons. The molecule has 6 nitrogen and oxygen atoms in total. The molecule has 7 heteroatoms. The number of amides is 1. The van der Waals surface area contributed by atoms with Crippen molar-refractivity contribution in [1.29, 1.82) is 0 Å². The molecule has 1 aliphatic heterocycles. The predicted molar refractivity (Wildman–Crippen MR) is 113 cm³/mol. The highest BCUT2D eigenvalue weighted by Crippen LogP contribution is 2.32. The van der Waals surface area contributed by atoms with Crippen LogP contribution in [0.25, 0.3) is 11.0 Å². The number of imidazole rings is 1. The van der Waals surface area contributed by atoms with E-state index in [1.807, 2.05) is 37.3 Å². The number of nitrogens with one attached hydrogen (secondary N) is 3. The van der Waals surface area contributed by atoms with Gasteiger partial charge in [-0.2, -0.15) is 0 Å². The molecule has 1 saturated heterocycles. The fourth-order valence-corrected chi connectivity index (χ4v) is 4.11. The highest BCUT2D eigenvalue weighted by Gasteiger charge is 2.28. The third kappa shape index (κ3) is 3.70. The zero-order valence-corrected chi connectivity index (χ0v) is 16.6. The average Bonchev–Trinajstić information content (AvgIpc) is 3.17. The van der Waals surface area contributed by atoms with E-state index in [2.05, 4.69) is 31.6 Å². The highest BCUT2D eigenvalue weighted by molar-refractivity contribution is 6.30. The molecule has 3 aromatic rings. The maximum absolute atomic E-state index is 12.8. The fraction of sp³-hybridized carbons (Fsp3) is 0.333. The lowest BCUT2D eigenvalue weighted by Gasteiger charge is -2.39. The topological polar surface area (TPSA) is 73.0 Å². The number of carbonyl (C=O) groups is 1. The van der Waals surface area contributed by atoms with Gasteiger partial charge >= 0.3 is 0 Å². The van der Waals surface area contributed by atoms with Crippen LogP contribution in [0.4, 0.5) is 5.69 Å².